The van der Waals surface area contributed by atoms with Crippen LogP contribution in [0, 0.1) is 0 Å². The predicted octanol–water partition coefficient (Wildman–Crippen LogP) is -0.158. The van der Waals surface area contributed by atoms with Crippen molar-refractivity contribution in [2.45, 2.75) is 69.1 Å². The van der Waals surface area contributed by atoms with E-state index in [0.29, 0.717) is 37.1 Å². The van der Waals surface area contributed by atoms with Crippen LogP contribution in [-0.4, -0.2) is 82.6 Å². The monoisotopic (exact) mass is 553 g/mol. The molecule has 0 saturated heterocycles. The summed E-state index contributed by atoms with van der Waals surface area (Å²) in [5, 5.41) is 26.2. The summed E-state index contributed by atoms with van der Waals surface area (Å²) < 4.78 is 0. The first-order chi connectivity index (χ1) is 18.1. The molecule has 0 heterocycles. The SMILES string of the molecule is CSCCC(NC(=O)C(Cc1ccccc1)NC(=O)C(CCC(=O)O)NC(=O)C(N)CCCCN)C(=O)O. The molecule has 0 bridgehead atoms. The first-order valence-corrected chi connectivity index (χ1v) is 13.8. The lowest BCUT2D eigenvalue weighted by Crippen LogP contribution is -2.57. The smallest absolute Gasteiger partial charge is 0.326 e. The van der Waals surface area contributed by atoms with Gasteiger partial charge >= 0.3 is 11.9 Å². The lowest BCUT2D eigenvalue weighted by atomic mass is 10.0. The van der Waals surface area contributed by atoms with E-state index in [1.165, 1.54) is 11.8 Å². The van der Waals surface area contributed by atoms with Gasteiger partial charge in [-0.2, -0.15) is 11.8 Å². The van der Waals surface area contributed by atoms with Gasteiger partial charge in [0.05, 0.1) is 6.04 Å². The predicted molar refractivity (Wildman–Crippen MR) is 144 cm³/mol. The average Bonchev–Trinajstić information content (AvgIpc) is 2.88. The van der Waals surface area contributed by atoms with Gasteiger partial charge in [-0.05, 0) is 49.8 Å². The minimum absolute atomic E-state index is 0.0471. The number of rotatable bonds is 19. The highest BCUT2D eigenvalue weighted by Crippen LogP contribution is 2.08. The molecule has 1 rings (SSSR count). The van der Waals surface area contributed by atoms with Crippen molar-refractivity contribution < 1.29 is 34.2 Å². The Labute approximate surface area is 226 Å². The summed E-state index contributed by atoms with van der Waals surface area (Å²) in [6, 6.07) is 4.28. The van der Waals surface area contributed by atoms with E-state index in [1.54, 1.807) is 30.3 Å². The molecule has 9 N–H and O–H groups in total. The minimum Gasteiger partial charge on any atom is -0.481 e. The van der Waals surface area contributed by atoms with Crippen LogP contribution >= 0.6 is 11.8 Å². The molecule has 1 aromatic carbocycles. The number of nitrogens with two attached hydrogens (primary N) is 2. The lowest BCUT2D eigenvalue weighted by molar-refractivity contribution is -0.142. The van der Waals surface area contributed by atoms with Crippen LogP contribution in [-0.2, 0) is 30.4 Å². The van der Waals surface area contributed by atoms with E-state index in [0.717, 1.165) is 0 Å². The third-order valence-corrected chi connectivity index (χ3v) is 6.37. The van der Waals surface area contributed by atoms with Crippen LogP contribution in [0.25, 0.3) is 0 Å². The number of amides is 3. The van der Waals surface area contributed by atoms with E-state index in [2.05, 4.69) is 16.0 Å². The molecule has 3 amide bonds. The van der Waals surface area contributed by atoms with Crippen LogP contribution in [0.15, 0.2) is 30.3 Å². The molecule has 0 aliphatic heterocycles. The zero-order valence-corrected chi connectivity index (χ0v) is 22.4. The number of carbonyl (C=O) groups is 5. The van der Waals surface area contributed by atoms with Gasteiger partial charge in [0.15, 0.2) is 0 Å². The molecular weight excluding hydrogens is 514 g/mol. The Morgan fingerprint density at radius 1 is 0.842 bits per heavy atom. The molecule has 0 saturated carbocycles. The van der Waals surface area contributed by atoms with Crippen molar-refractivity contribution in [3.05, 3.63) is 35.9 Å². The topological polar surface area (TPSA) is 214 Å². The number of unbranched alkanes of at least 4 members (excludes halogenated alkanes) is 1. The van der Waals surface area contributed by atoms with Crippen LogP contribution in [0.1, 0.15) is 44.1 Å². The first kappa shape index (κ1) is 32.9. The van der Waals surface area contributed by atoms with E-state index in [9.17, 15) is 29.1 Å². The summed E-state index contributed by atoms with van der Waals surface area (Å²) in [6.07, 6.45) is 3.03. The van der Waals surface area contributed by atoms with Crippen LogP contribution in [0.5, 0.6) is 0 Å². The van der Waals surface area contributed by atoms with Gasteiger partial charge in [-0.3, -0.25) is 19.2 Å². The van der Waals surface area contributed by atoms with Gasteiger partial charge in [-0.15, -0.1) is 0 Å². The number of carbonyl (C=O) groups excluding carboxylic acids is 3. The fourth-order valence-electron chi connectivity index (χ4n) is 3.55. The standard InChI is InChI=1S/C25H39N5O7S/c1-38-14-12-19(25(36)37)29-24(35)20(15-16-7-3-2-4-8-16)30-23(34)18(10-11-21(31)32)28-22(33)17(27)9-5-6-13-26/h2-4,7-8,17-20H,5-6,9-15,26-27H2,1H3,(H,28,33)(H,29,35)(H,30,34)(H,31,32)(H,36,37). The molecular formula is C25H39N5O7S. The molecule has 1 aromatic rings. The number of thioether (sulfide) groups is 1. The Morgan fingerprint density at radius 3 is 2.03 bits per heavy atom. The van der Waals surface area contributed by atoms with E-state index >= 15 is 0 Å². The zero-order valence-electron chi connectivity index (χ0n) is 21.6. The zero-order chi connectivity index (χ0) is 28.5. The van der Waals surface area contributed by atoms with Gasteiger partial charge in [0.2, 0.25) is 17.7 Å². The fourth-order valence-corrected chi connectivity index (χ4v) is 4.02. The van der Waals surface area contributed by atoms with Gasteiger partial charge < -0.3 is 37.6 Å². The summed E-state index contributed by atoms with van der Waals surface area (Å²) in [5.41, 5.74) is 12.1. The second-order valence-corrected chi connectivity index (χ2v) is 9.80. The Morgan fingerprint density at radius 2 is 1.45 bits per heavy atom. The first-order valence-electron chi connectivity index (χ1n) is 12.4. The summed E-state index contributed by atoms with van der Waals surface area (Å²) in [7, 11) is 0. The lowest BCUT2D eigenvalue weighted by Gasteiger charge is -2.25. The number of carboxylic acid groups (broad SMARTS) is 2. The van der Waals surface area contributed by atoms with Gasteiger partial charge in [0.25, 0.3) is 0 Å². The summed E-state index contributed by atoms with van der Waals surface area (Å²) in [4.78, 5) is 61.7. The van der Waals surface area contributed by atoms with Crippen molar-refractivity contribution in [1.82, 2.24) is 16.0 Å². The molecule has 0 aliphatic carbocycles. The van der Waals surface area contributed by atoms with Crippen molar-refractivity contribution in [1.29, 1.82) is 0 Å². The highest BCUT2D eigenvalue weighted by molar-refractivity contribution is 7.98. The quantitative estimate of drug-likeness (QED) is 0.112. The van der Waals surface area contributed by atoms with E-state index in [4.69, 9.17) is 16.6 Å². The molecule has 0 aliphatic rings. The van der Waals surface area contributed by atoms with E-state index in [1.807, 2.05) is 6.26 Å². The number of benzene rings is 1. The van der Waals surface area contributed by atoms with Crippen molar-refractivity contribution in [2.24, 2.45) is 11.5 Å². The van der Waals surface area contributed by atoms with Gasteiger partial charge in [0.1, 0.15) is 18.1 Å². The Kier molecular flexibility index (Phi) is 15.7. The number of nitrogens with one attached hydrogen (secondary N) is 3. The Balaban J connectivity index is 3.08. The van der Waals surface area contributed by atoms with Crippen molar-refractivity contribution in [3.63, 3.8) is 0 Å². The number of hydrogen-bond acceptors (Lipinski definition) is 8. The Hall–Kier alpha value is -3.16. The summed E-state index contributed by atoms with van der Waals surface area (Å²) in [5.74, 6) is -3.98. The molecule has 4 atom stereocenters. The van der Waals surface area contributed by atoms with E-state index < -0.39 is 60.2 Å². The molecule has 4 unspecified atom stereocenters. The third-order valence-electron chi connectivity index (χ3n) is 5.73. The van der Waals surface area contributed by atoms with E-state index in [-0.39, 0.29) is 19.3 Å². The second kappa shape index (κ2) is 18.2. The highest BCUT2D eigenvalue weighted by Gasteiger charge is 2.30. The molecule has 212 valence electrons. The molecule has 0 aromatic heterocycles. The fraction of sp³-hybridized carbons (Fsp3) is 0.560. The molecule has 38 heavy (non-hydrogen) atoms. The number of hydrogen-bond donors (Lipinski definition) is 7. The third kappa shape index (κ3) is 12.9. The van der Waals surface area contributed by atoms with Crippen molar-refractivity contribution >= 4 is 41.4 Å². The maximum Gasteiger partial charge on any atom is 0.326 e. The number of aliphatic carboxylic acids is 2. The number of carboxylic acids is 2. The second-order valence-electron chi connectivity index (χ2n) is 8.82. The Bertz CT molecular complexity index is 919. The molecule has 0 radical (unpaired) electrons. The maximum atomic E-state index is 13.2. The van der Waals surface area contributed by atoms with Crippen LogP contribution in [0.2, 0.25) is 0 Å². The average molecular weight is 554 g/mol. The van der Waals surface area contributed by atoms with Crippen LogP contribution < -0.4 is 27.4 Å². The molecule has 0 spiro atoms. The van der Waals surface area contributed by atoms with Crippen LogP contribution in [0.3, 0.4) is 0 Å². The maximum absolute atomic E-state index is 13.2. The van der Waals surface area contributed by atoms with Crippen molar-refractivity contribution in [2.75, 3.05) is 18.6 Å². The molecule has 12 nitrogen and oxygen atoms in total. The summed E-state index contributed by atoms with van der Waals surface area (Å²) in [6.45, 7) is 0.447. The van der Waals surface area contributed by atoms with Gasteiger partial charge in [-0.1, -0.05) is 36.8 Å². The normalized spacial score (nSPS) is 14.0. The molecule has 0 fully saturated rings. The largest absolute Gasteiger partial charge is 0.481 e. The summed E-state index contributed by atoms with van der Waals surface area (Å²) >= 11 is 1.43. The highest BCUT2D eigenvalue weighted by atomic mass is 32.2. The van der Waals surface area contributed by atoms with Gasteiger partial charge in [-0.25, -0.2) is 4.79 Å². The van der Waals surface area contributed by atoms with Crippen molar-refractivity contribution in [3.8, 4) is 0 Å². The minimum atomic E-state index is -1.27. The molecule has 13 heteroatoms. The van der Waals surface area contributed by atoms with Gasteiger partial charge in [0, 0.05) is 12.8 Å². The van der Waals surface area contributed by atoms with Crippen LogP contribution in [0.4, 0.5) is 0 Å².